The van der Waals surface area contributed by atoms with E-state index >= 15 is 0 Å². The van der Waals surface area contributed by atoms with Crippen molar-refractivity contribution in [3.63, 3.8) is 0 Å². The molecule has 0 atom stereocenters. The molecule has 0 fully saturated rings. The number of ether oxygens (including phenoxy) is 3. The lowest BCUT2D eigenvalue weighted by Crippen LogP contribution is -2.13. The Kier molecular flexibility index (Phi) is 13.3. The van der Waals surface area contributed by atoms with E-state index in [4.69, 9.17) is 14.2 Å². The molecule has 0 radical (unpaired) electrons. The van der Waals surface area contributed by atoms with Crippen LogP contribution in [0.5, 0.6) is 17.2 Å². The van der Waals surface area contributed by atoms with Gasteiger partial charge >= 0.3 is 0 Å². The average molecular weight is 1150 g/mol. The maximum Gasteiger partial charge on any atom is 0.298 e. The van der Waals surface area contributed by atoms with Crippen LogP contribution in [0.25, 0.3) is 66.1 Å². The third-order valence-electron chi connectivity index (χ3n) is 14.5. The predicted molar refractivity (Wildman–Crippen MR) is 319 cm³/mol. The van der Waals surface area contributed by atoms with Crippen molar-refractivity contribution in [2.75, 3.05) is 31.1 Å². The van der Waals surface area contributed by atoms with Gasteiger partial charge in [0.15, 0.2) is 11.5 Å². The van der Waals surface area contributed by atoms with Gasteiger partial charge in [-0.05, 0) is 132 Å². The smallest absolute Gasteiger partial charge is 0.298 e. The minimum atomic E-state index is -4.77. The SMILES string of the molecule is COc1cc(-n2c3ccccc3c3cc(N(c4ccc(-c5ccc(N(c6ccc7c(c6)c6ccccc6n7-c6ccccc6)c6cccc(S(=O)(=O)O)c6OC)cc5)cc4)c4cccc(S(=O)(=O)O)c4OC)ccc32)ccc1S(=O)(=O)O. The highest BCUT2D eigenvalue weighted by molar-refractivity contribution is 7.86. The third kappa shape index (κ3) is 9.29. The van der Waals surface area contributed by atoms with Crippen molar-refractivity contribution in [3.05, 3.63) is 218 Å². The van der Waals surface area contributed by atoms with Crippen LogP contribution in [-0.2, 0) is 30.4 Å². The monoisotopic (exact) mass is 1150 g/mol. The molecule has 0 unspecified atom stereocenters. The first kappa shape index (κ1) is 53.2. The van der Waals surface area contributed by atoms with Gasteiger partial charge in [0.1, 0.15) is 20.4 Å². The van der Waals surface area contributed by atoms with Crippen molar-refractivity contribution in [1.82, 2.24) is 9.13 Å². The van der Waals surface area contributed by atoms with Gasteiger partial charge in [-0.15, -0.1) is 0 Å². The summed E-state index contributed by atoms with van der Waals surface area (Å²) in [4.78, 5) is 2.47. The predicted octanol–water partition coefficient (Wildman–Crippen LogP) is 14.3. The minimum absolute atomic E-state index is 0.0523. The number of nitrogens with zero attached hydrogens (tertiary/aromatic N) is 4. The number of hydrogen-bond acceptors (Lipinski definition) is 11. The Bertz CT molecular complexity index is 4860. The Labute approximate surface area is 471 Å². The summed E-state index contributed by atoms with van der Waals surface area (Å²) in [7, 11) is -10.1. The van der Waals surface area contributed by atoms with Crippen LogP contribution >= 0.6 is 0 Å². The van der Waals surface area contributed by atoms with Crippen molar-refractivity contribution in [1.29, 1.82) is 0 Å². The maximum absolute atomic E-state index is 12.9. The highest BCUT2D eigenvalue weighted by atomic mass is 32.2. The van der Waals surface area contributed by atoms with Gasteiger partial charge < -0.3 is 33.1 Å². The molecule has 2 heterocycles. The van der Waals surface area contributed by atoms with E-state index < -0.39 is 40.1 Å². The van der Waals surface area contributed by atoms with Crippen molar-refractivity contribution in [3.8, 4) is 39.8 Å². The van der Waals surface area contributed by atoms with Crippen LogP contribution in [0.2, 0.25) is 0 Å². The van der Waals surface area contributed by atoms with Crippen LogP contribution < -0.4 is 24.0 Å². The number of anilines is 6. The molecule has 3 N–H and O–H groups in total. The molecule has 0 bridgehead atoms. The van der Waals surface area contributed by atoms with Gasteiger partial charge in [0.05, 0.1) is 54.8 Å². The number of fused-ring (bicyclic) bond motifs is 6. The van der Waals surface area contributed by atoms with E-state index in [0.717, 1.165) is 60.4 Å². The summed E-state index contributed by atoms with van der Waals surface area (Å²) in [5.41, 5.74) is 9.72. The first-order valence-electron chi connectivity index (χ1n) is 25.3. The van der Waals surface area contributed by atoms with Gasteiger partial charge in [-0.2, -0.15) is 25.3 Å². The number of hydrogen-bond donors (Lipinski definition) is 3. The molecule has 12 rings (SSSR count). The molecular formula is C63H48N4O12S3. The van der Waals surface area contributed by atoms with Gasteiger partial charge in [-0.1, -0.05) is 91.0 Å². The Balaban J connectivity index is 0.972. The van der Waals surface area contributed by atoms with E-state index in [2.05, 4.69) is 34.9 Å². The molecule has 10 aromatic carbocycles. The summed E-state index contributed by atoms with van der Waals surface area (Å²) < 4.78 is 128. The first-order valence-corrected chi connectivity index (χ1v) is 29.7. The molecule has 0 spiro atoms. The van der Waals surface area contributed by atoms with E-state index in [1.165, 1.54) is 51.7 Å². The number of benzene rings is 10. The average Bonchev–Trinajstić information content (AvgIpc) is 3.39. The van der Waals surface area contributed by atoms with Crippen molar-refractivity contribution in [2.45, 2.75) is 14.7 Å². The zero-order valence-corrected chi connectivity index (χ0v) is 46.3. The topological polar surface area (TPSA) is 207 Å². The molecule has 2 aromatic heterocycles. The standard InChI is InChI=1S/C63H48N4O12S3/c1-77-58-39-47(33-36-59(58)80(68,69)70)67-53-18-10-8-16-49(53)51-38-46(32-35-55(51)67)65(57-20-12-22-61(63(57)79-3)82(74,75)76)44-29-25-41(26-30-44)40-23-27-43(28-24-40)64(56-19-11-21-60(62(56)78-2)81(71,72)73)45-31-34-54-50(37-45)48-15-7-9-17-52(48)66(54)42-13-5-4-6-14-42/h4-39H,1-3H3,(H,68,69,70)(H,71,72,73)(H,74,75,76). The van der Waals surface area contributed by atoms with E-state index in [1.54, 1.807) is 24.3 Å². The number of aromatic nitrogens is 2. The lowest BCUT2D eigenvalue weighted by molar-refractivity contribution is 0.397. The lowest BCUT2D eigenvalue weighted by Gasteiger charge is -2.28. The Morgan fingerprint density at radius 1 is 0.341 bits per heavy atom. The van der Waals surface area contributed by atoms with Crippen LogP contribution in [0, 0.1) is 0 Å². The van der Waals surface area contributed by atoms with Crippen LogP contribution in [0.1, 0.15) is 0 Å². The van der Waals surface area contributed by atoms with Crippen LogP contribution in [0.15, 0.2) is 233 Å². The molecule has 410 valence electrons. The quantitative estimate of drug-likeness (QED) is 0.0817. The van der Waals surface area contributed by atoms with Gasteiger partial charge in [0.25, 0.3) is 30.4 Å². The fourth-order valence-corrected chi connectivity index (χ4v) is 13.0. The van der Waals surface area contributed by atoms with E-state index in [1.807, 2.05) is 148 Å². The van der Waals surface area contributed by atoms with Crippen LogP contribution in [0.3, 0.4) is 0 Å². The normalized spacial score (nSPS) is 12.1. The highest BCUT2D eigenvalue weighted by Gasteiger charge is 2.28. The summed E-state index contributed by atoms with van der Waals surface area (Å²) >= 11 is 0. The largest absolute Gasteiger partial charge is 0.495 e. The fourth-order valence-electron chi connectivity index (χ4n) is 11.0. The summed E-state index contributed by atoms with van der Waals surface area (Å²) in [5, 5.41) is 3.54. The Morgan fingerprint density at radius 2 is 0.744 bits per heavy atom. The second-order valence-electron chi connectivity index (χ2n) is 19.1. The molecule has 0 saturated carbocycles. The number of para-hydroxylation sites is 5. The molecule has 0 aliphatic rings. The van der Waals surface area contributed by atoms with Crippen molar-refractivity contribution < 1.29 is 53.1 Å². The maximum atomic E-state index is 12.9. The zero-order valence-electron chi connectivity index (χ0n) is 43.8. The molecule has 12 aromatic rings. The van der Waals surface area contributed by atoms with Crippen LogP contribution in [0.4, 0.5) is 34.1 Å². The van der Waals surface area contributed by atoms with E-state index in [0.29, 0.717) is 39.8 Å². The molecule has 0 aliphatic heterocycles. The molecule has 16 nitrogen and oxygen atoms in total. The Hall–Kier alpha value is -9.47. The lowest BCUT2D eigenvalue weighted by atomic mass is 10.0. The summed E-state index contributed by atoms with van der Waals surface area (Å²) in [6, 6.07) is 66.2. The van der Waals surface area contributed by atoms with Gasteiger partial charge in [-0.25, -0.2) is 0 Å². The Morgan fingerprint density at radius 3 is 1.17 bits per heavy atom. The van der Waals surface area contributed by atoms with Gasteiger partial charge in [-0.3, -0.25) is 13.7 Å². The molecular weight excluding hydrogens is 1100 g/mol. The molecule has 0 amide bonds. The van der Waals surface area contributed by atoms with Crippen molar-refractivity contribution >= 4 is 108 Å². The van der Waals surface area contributed by atoms with E-state index in [9.17, 15) is 38.9 Å². The number of rotatable bonds is 15. The number of methoxy groups -OCH3 is 3. The molecule has 82 heavy (non-hydrogen) atoms. The molecule has 0 aliphatic carbocycles. The molecule has 0 saturated heterocycles. The third-order valence-corrected chi connectivity index (χ3v) is 17.1. The van der Waals surface area contributed by atoms with Crippen molar-refractivity contribution in [2.24, 2.45) is 0 Å². The zero-order chi connectivity index (χ0) is 57.2. The molecule has 19 heteroatoms. The minimum Gasteiger partial charge on any atom is -0.495 e. The van der Waals surface area contributed by atoms with E-state index in [-0.39, 0.29) is 22.1 Å². The van der Waals surface area contributed by atoms with Crippen LogP contribution in [-0.4, -0.2) is 69.4 Å². The highest BCUT2D eigenvalue weighted by Crippen LogP contribution is 2.48. The second kappa shape index (κ2) is 20.6. The summed E-state index contributed by atoms with van der Waals surface area (Å²) in [6.07, 6.45) is 0. The second-order valence-corrected chi connectivity index (χ2v) is 23.3. The first-order chi connectivity index (χ1) is 39.5. The fraction of sp³-hybridized carbons (Fsp3) is 0.0476. The van der Waals surface area contributed by atoms with Gasteiger partial charge in [0.2, 0.25) is 0 Å². The summed E-state index contributed by atoms with van der Waals surface area (Å²) in [5.74, 6) is -0.218. The van der Waals surface area contributed by atoms with Gasteiger partial charge in [0, 0.05) is 61.7 Å². The summed E-state index contributed by atoms with van der Waals surface area (Å²) in [6.45, 7) is 0.